The molecule has 0 unspecified atom stereocenters. The van der Waals surface area contributed by atoms with Crippen LogP contribution < -0.4 is 11.1 Å². The van der Waals surface area contributed by atoms with Crippen LogP contribution in [-0.4, -0.2) is 17.4 Å². The Bertz CT molecular complexity index is 689. The van der Waals surface area contributed by atoms with E-state index in [2.05, 4.69) is 22.1 Å². The number of rotatable bonds is 3. The molecule has 20 heavy (non-hydrogen) atoms. The first-order valence-electron chi connectivity index (χ1n) is 6.32. The Morgan fingerprint density at radius 3 is 3.10 bits per heavy atom. The molecule has 0 aromatic carbocycles. The van der Waals surface area contributed by atoms with E-state index in [4.69, 9.17) is 5.73 Å². The molecule has 1 saturated carbocycles. The number of carbonyl (C=O) groups excluding carboxylic acids is 1. The van der Waals surface area contributed by atoms with Crippen molar-refractivity contribution in [2.24, 2.45) is 5.73 Å². The van der Waals surface area contributed by atoms with Crippen LogP contribution in [0.1, 0.15) is 39.0 Å². The summed E-state index contributed by atoms with van der Waals surface area (Å²) in [5, 5.41) is 5.53. The van der Waals surface area contributed by atoms with E-state index in [-0.39, 0.29) is 5.91 Å². The van der Waals surface area contributed by atoms with E-state index in [0.29, 0.717) is 22.5 Å². The third kappa shape index (κ3) is 3.07. The van der Waals surface area contributed by atoms with Crippen LogP contribution in [-0.2, 0) is 0 Å². The molecule has 2 aromatic heterocycles. The highest BCUT2D eigenvalue weighted by molar-refractivity contribution is 7.15. The van der Waals surface area contributed by atoms with Gasteiger partial charge in [0.15, 0.2) is 5.13 Å². The highest BCUT2D eigenvalue weighted by Crippen LogP contribution is 2.40. The fourth-order valence-electron chi connectivity index (χ4n) is 1.73. The van der Waals surface area contributed by atoms with Crippen LogP contribution in [0.15, 0.2) is 17.5 Å². The van der Waals surface area contributed by atoms with Crippen molar-refractivity contribution in [2.45, 2.75) is 18.8 Å². The normalized spacial score (nSPS) is 13.7. The number of anilines is 1. The molecule has 2 heterocycles. The Balaban J connectivity index is 1.67. The Morgan fingerprint density at radius 1 is 1.50 bits per heavy atom. The van der Waals surface area contributed by atoms with Crippen molar-refractivity contribution in [3.8, 4) is 11.8 Å². The Morgan fingerprint density at radius 2 is 2.35 bits per heavy atom. The lowest BCUT2D eigenvalue weighted by Gasteiger charge is -1.97. The van der Waals surface area contributed by atoms with Crippen molar-refractivity contribution < 1.29 is 4.79 Å². The van der Waals surface area contributed by atoms with Gasteiger partial charge in [-0.1, -0.05) is 11.8 Å². The van der Waals surface area contributed by atoms with E-state index in [0.717, 1.165) is 10.6 Å². The van der Waals surface area contributed by atoms with Gasteiger partial charge < -0.3 is 5.73 Å². The van der Waals surface area contributed by atoms with Gasteiger partial charge in [-0.15, -0.1) is 22.7 Å². The fourth-order valence-corrected chi connectivity index (χ4v) is 3.30. The second-order valence-corrected chi connectivity index (χ2v) is 6.42. The molecule has 0 saturated heterocycles. The number of nitrogens with zero attached hydrogens (tertiary/aromatic N) is 1. The molecular formula is C14H13N3OS2. The van der Waals surface area contributed by atoms with Gasteiger partial charge in [0.25, 0.3) is 5.91 Å². The van der Waals surface area contributed by atoms with Gasteiger partial charge >= 0.3 is 0 Å². The van der Waals surface area contributed by atoms with Crippen LogP contribution in [0.4, 0.5) is 5.13 Å². The third-order valence-corrected chi connectivity index (χ3v) is 4.66. The number of hydrogen-bond acceptors (Lipinski definition) is 5. The summed E-state index contributed by atoms with van der Waals surface area (Å²) < 4.78 is 0. The molecular weight excluding hydrogens is 290 g/mol. The van der Waals surface area contributed by atoms with Crippen LogP contribution in [0, 0.1) is 11.8 Å². The van der Waals surface area contributed by atoms with Crippen LogP contribution in [0.25, 0.3) is 0 Å². The van der Waals surface area contributed by atoms with Gasteiger partial charge in [0.05, 0.1) is 22.0 Å². The Kier molecular flexibility index (Phi) is 3.83. The standard InChI is InChI=1S/C14H13N3OS2/c15-7-1-2-10-5-6-12(20-10)13(18)17-14-16-11(8-19-14)9-3-4-9/h5-6,8-9H,3-4,7,15H2,(H,16,17,18). The van der Waals surface area contributed by atoms with Crippen molar-refractivity contribution in [1.29, 1.82) is 0 Å². The average Bonchev–Trinajstić information content (AvgIpc) is 3.01. The van der Waals surface area contributed by atoms with Crippen molar-refractivity contribution in [2.75, 3.05) is 11.9 Å². The molecule has 4 nitrogen and oxygen atoms in total. The molecule has 6 heteroatoms. The average molecular weight is 303 g/mol. The molecule has 1 aliphatic rings. The smallest absolute Gasteiger partial charge is 0.267 e. The van der Waals surface area contributed by atoms with Crippen LogP contribution in [0.2, 0.25) is 0 Å². The molecule has 3 N–H and O–H groups in total. The number of thiazole rings is 1. The zero-order chi connectivity index (χ0) is 13.9. The quantitative estimate of drug-likeness (QED) is 0.857. The van der Waals surface area contributed by atoms with Gasteiger partial charge in [0, 0.05) is 11.3 Å². The van der Waals surface area contributed by atoms with E-state index in [1.807, 2.05) is 11.4 Å². The van der Waals surface area contributed by atoms with Crippen molar-refractivity contribution in [3.63, 3.8) is 0 Å². The number of carbonyl (C=O) groups is 1. The maximum absolute atomic E-state index is 12.1. The summed E-state index contributed by atoms with van der Waals surface area (Å²) in [7, 11) is 0. The lowest BCUT2D eigenvalue weighted by molar-refractivity contribution is 0.103. The minimum atomic E-state index is -0.132. The molecule has 3 rings (SSSR count). The number of aromatic nitrogens is 1. The monoisotopic (exact) mass is 303 g/mol. The van der Waals surface area contributed by atoms with Gasteiger partial charge in [-0.05, 0) is 25.0 Å². The van der Waals surface area contributed by atoms with Gasteiger partial charge in [-0.2, -0.15) is 0 Å². The van der Waals surface area contributed by atoms with Gasteiger partial charge in [-0.3, -0.25) is 10.1 Å². The first-order valence-corrected chi connectivity index (χ1v) is 8.01. The summed E-state index contributed by atoms with van der Waals surface area (Å²) in [5.41, 5.74) is 6.42. The SMILES string of the molecule is NCC#Cc1ccc(C(=O)Nc2nc(C3CC3)cs2)s1. The number of amides is 1. The summed E-state index contributed by atoms with van der Waals surface area (Å²) in [6.45, 7) is 0.322. The molecule has 102 valence electrons. The second-order valence-electron chi connectivity index (χ2n) is 4.48. The highest BCUT2D eigenvalue weighted by atomic mass is 32.1. The summed E-state index contributed by atoms with van der Waals surface area (Å²) in [5.74, 6) is 6.17. The molecule has 0 aliphatic heterocycles. The first-order chi connectivity index (χ1) is 9.76. The fraction of sp³-hybridized carbons (Fsp3) is 0.286. The molecule has 0 bridgehead atoms. The Hall–Kier alpha value is -1.68. The summed E-state index contributed by atoms with van der Waals surface area (Å²) in [6.07, 6.45) is 2.43. The predicted octanol–water partition coefficient (Wildman–Crippen LogP) is 2.64. The van der Waals surface area contributed by atoms with Gasteiger partial charge in [-0.25, -0.2) is 4.98 Å². The lowest BCUT2D eigenvalue weighted by atomic mass is 10.3. The molecule has 1 aliphatic carbocycles. The maximum atomic E-state index is 12.1. The molecule has 1 amide bonds. The minimum absolute atomic E-state index is 0.132. The summed E-state index contributed by atoms with van der Waals surface area (Å²) in [6, 6.07) is 3.61. The second kappa shape index (κ2) is 5.75. The predicted molar refractivity (Wildman–Crippen MR) is 82.3 cm³/mol. The minimum Gasteiger partial charge on any atom is -0.320 e. The summed E-state index contributed by atoms with van der Waals surface area (Å²) in [4.78, 5) is 18.0. The van der Waals surface area contributed by atoms with E-state index in [1.54, 1.807) is 6.07 Å². The van der Waals surface area contributed by atoms with E-state index in [9.17, 15) is 4.79 Å². The zero-order valence-electron chi connectivity index (χ0n) is 10.7. The van der Waals surface area contributed by atoms with Crippen molar-refractivity contribution >= 4 is 33.7 Å². The van der Waals surface area contributed by atoms with E-state index in [1.165, 1.54) is 35.5 Å². The van der Waals surface area contributed by atoms with Crippen LogP contribution in [0.5, 0.6) is 0 Å². The first kappa shape index (κ1) is 13.3. The summed E-state index contributed by atoms with van der Waals surface area (Å²) >= 11 is 2.84. The van der Waals surface area contributed by atoms with Crippen LogP contribution >= 0.6 is 22.7 Å². The molecule has 2 aromatic rings. The van der Waals surface area contributed by atoms with Crippen molar-refractivity contribution in [1.82, 2.24) is 4.98 Å². The van der Waals surface area contributed by atoms with Crippen LogP contribution in [0.3, 0.4) is 0 Å². The largest absolute Gasteiger partial charge is 0.320 e. The lowest BCUT2D eigenvalue weighted by Crippen LogP contribution is -2.09. The van der Waals surface area contributed by atoms with Gasteiger partial charge in [0.2, 0.25) is 0 Å². The third-order valence-electron chi connectivity index (χ3n) is 2.88. The molecule has 0 spiro atoms. The number of hydrogen-bond donors (Lipinski definition) is 2. The molecule has 1 fully saturated rings. The van der Waals surface area contributed by atoms with E-state index >= 15 is 0 Å². The number of thiophene rings is 1. The number of nitrogens with two attached hydrogens (primary N) is 1. The topological polar surface area (TPSA) is 68.0 Å². The maximum Gasteiger partial charge on any atom is 0.267 e. The molecule has 0 atom stereocenters. The Labute approximate surface area is 125 Å². The highest BCUT2D eigenvalue weighted by Gasteiger charge is 2.26. The van der Waals surface area contributed by atoms with E-state index < -0.39 is 0 Å². The number of nitrogens with one attached hydrogen (secondary N) is 1. The van der Waals surface area contributed by atoms with Gasteiger partial charge in [0.1, 0.15) is 0 Å². The molecule has 0 radical (unpaired) electrons. The zero-order valence-corrected chi connectivity index (χ0v) is 12.3. The van der Waals surface area contributed by atoms with Crippen molar-refractivity contribution in [3.05, 3.63) is 33.0 Å².